The Balaban J connectivity index is 1.57. The second-order valence-corrected chi connectivity index (χ2v) is 6.42. The second kappa shape index (κ2) is 5.77. The number of nitrogens with two attached hydrogens (primary N) is 1. The van der Waals surface area contributed by atoms with Gasteiger partial charge in [0.15, 0.2) is 6.61 Å². The number of aromatic nitrogens is 1. The van der Waals surface area contributed by atoms with Gasteiger partial charge in [0.05, 0.1) is 0 Å². The van der Waals surface area contributed by atoms with Crippen molar-refractivity contribution < 1.29 is 23.9 Å². The van der Waals surface area contributed by atoms with Crippen molar-refractivity contribution in [3.8, 4) is 0 Å². The molecule has 8 heteroatoms. The van der Waals surface area contributed by atoms with Crippen LogP contribution in [0.1, 0.15) is 46.5 Å². The normalized spacial score (nSPS) is 17.9. The number of esters is 1. The zero-order chi connectivity index (χ0) is 17.5. The number of carbonyl (C=O) groups excluding carboxylic acids is 4. The van der Waals surface area contributed by atoms with E-state index < -0.39 is 29.7 Å². The molecule has 0 unspecified atom stereocenters. The number of rotatable bonds is 7. The Bertz CT molecular complexity index is 728. The molecule has 2 amide bonds. The van der Waals surface area contributed by atoms with Gasteiger partial charge >= 0.3 is 5.97 Å². The quantitative estimate of drug-likeness (QED) is 0.410. The van der Waals surface area contributed by atoms with E-state index >= 15 is 0 Å². The van der Waals surface area contributed by atoms with Crippen LogP contribution >= 0.6 is 0 Å². The first-order valence-corrected chi connectivity index (χ1v) is 7.81. The van der Waals surface area contributed by atoms with Crippen molar-refractivity contribution in [2.45, 2.75) is 31.7 Å². The van der Waals surface area contributed by atoms with Crippen molar-refractivity contribution in [2.24, 2.45) is 18.2 Å². The Kier molecular flexibility index (Phi) is 3.90. The number of ketones is 1. The van der Waals surface area contributed by atoms with Crippen LogP contribution in [0.2, 0.25) is 0 Å². The molecule has 2 fully saturated rings. The minimum absolute atomic E-state index is 0.168. The summed E-state index contributed by atoms with van der Waals surface area (Å²) in [6, 6.07) is 1.52. The lowest BCUT2D eigenvalue weighted by Gasteiger charge is -2.13. The van der Waals surface area contributed by atoms with Crippen LogP contribution in [0.25, 0.3) is 0 Å². The van der Waals surface area contributed by atoms with E-state index in [1.165, 1.54) is 16.8 Å². The molecule has 3 N–H and O–H groups in total. The average Bonchev–Trinajstić information content (AvgIpc) is 3.43. The SMILES string of the molecule is Cn1cc(C(=O)COC(=O)C2(C(=O)NC3CC3)CC2)cc1C(N)=O. The molecule has 2 aliphatic rings. The summed E-state index contributed by atoms with van der Waals surface area (Å²) < 4.78 is 6.48. The summed E-state index contributed by atoms with van der Waals surface area (Å²) in [6.07, 6.45) is 4.20. The average molecular weight is 333 g/mol. The summed E-state index contributed by atoms with van der Waals surface area (Å²) in [7, 11) is 1.59. The molecule has 0 saturated heterocycles. The maximum atomic E-state index is 12.2. The number of amides is 2. The Morgan fingerprint density at radius 1 is 1.33 bits per heavy atom. The van der Waals surface area contributed by atoms with E-state index in [0.29, 0.717) is 12.8 Å². The molecule has 0 aliphatic heterocycles. The van der Waals surface area contributed by atoms with Gasteiger partial charge in [0, 0.05) is 24.8 Å². The van der Waals surface area contributed by atoms with Crippen LogP contribution < -0.4 is 11.1 Å². The van der Waals surface area contributed by atoms with Crippen molar-refractivity contribution in [1.29, 1.82) is 0 Å². The first-order valence-electron chi connectivity index (χ1n) is 7.81. The largest absolute Gasteiger partial charge is 0.456 e. The van der Waals surface area contributed by atoms with Crippen LogP contribution in [0.5, 0.6) is 0 Å². The molecule has 128 valence electrons. The van der Waals surface area contributed by atoms with Crippen LogP contribution in [-0.4, -0.2) is 40.8 Å². The van der Waals surface area contributed by atoms with Gasteiger partial charge in [0.2, 0.25) is 11.7 Å². The number of carbonyl (C=O) groups is 4. The van der Waals surface area contributed by atoms with E-state index in [1.54, 1.807) is 7.05 Å². The van der Waals surface area contributed by atoms with E-state index in [0.717, 1.165) is 12.8 Å². The van der Waals surface area contributed by atoms with Gasteiger partial charge in [-0.25, -0.2) is 0 Å². The van der Waals surface area contributed by atoms with Gasteiger partial charge in [0.25, 0.3) is 5.91 Å². The molecule has 0 aromatic carbocycles. The fourth-order valence-electron chi connectivity index (χ4n) is 2.51. The van der Waals surface area contributed by atoms with E-state index in [1.807, 2.05) is 0 Å². The summed E-state index contributed by atoms with van der Waals surface area (Å²) >= 11 is 0. The second-order valence-electron chi connectivity index (χ2n) is 6.42. The van der Waals surface area contributed by atoms with Gasteiger partial charge in [-0.3, -0.25) is 19.2 Å². The lowest BCUT2D eigenvalue weighted by molar-refractivity contribution is -0.153. The topological polar surface area (TPSA) is 120 Å². The first kappa shape index (κ1) is 16.2. The van der Waals surface area contributed by atoms with Gasteiger partial charge < -0.3 is 20.4 Å². The maximum Gasteiger partial charge on any atom is 0.322 e. The molecular weight excluding hydrogens is 314 g/mol. The molecule has 0 spiro atoms. The smallest absolute Gasteiger partial charge is 0.322 e. The highest BCUT2D eigenvalue weighted by Crippen LogP contribution is 2.47. The van der Waals surface area contributed by atoms with E-state index in [-0.39, 0.29) is 23.2 Å². The number of aryl methyl sites for hydroxylation is 1. The third-order valence-corrected chi connectivity index (χ3v) is 4.40. The molecule has 0 atom stereocenters. The van der Waals surface area contributed by atoms with E-state index in [2.05, 4.69) is 5.32 Å². The van der Waals surface area contributed by atoms with E-state index in [4.69, 9.17) is 10.5 Å². The van der Waals surface area contributed by atoms with Crippen molar-refractivity contribution in [2.75, 3.05) is 6.61 Å². The Labute approximate surface area is 138 Å². The molecule has 2 aliphatic carbocycles. The van der Waals surface area contributed by atoms with Crippen molar-refractivity contribution in [3.05, 3.63) is 23.5 Å². The summed E-state index contributed by atoms with van der Waals surface area (Å²) in [5.41, 5.74) is 4.48. The van der Waals surface area contributed by atoms with Crippen molar-refractivity contribution in [1.82, 2.24) is 9.88 Å². The van der Waals surface area contributed by atoms with Gasteiger partial charge in [-0.1, -0.05) is 0 Å². The highest BCUT2D eigenvalue weighted by molar-refractivity contribution is 6.07. The lowest BCUT2D eigenvalue weighted by Crippen LogP contribution is -2.39. The Morgan fingerprint density at radius 2 is 2.00 bits per heavy atom. The minimum Gasteiger partial charge on any atom is -0.456 e. The number of Topliss-reactive ketones (excluding diaryl/α,β-unsaturated/α-hetero) is 1. The van der Waals surface area contributed by atoms with Crippen LogP contribution in [0.15, 0.2) is 12.3 Å². The summed E-state index contributed by atoms with van der Waals surface area (Å²) in [5, 5.41) is 2.80. The molecule has 24 heavy (non-hydrogen) atoms. The molecule has 3 rings (SSSR count). The number of ether oxygens (including phenoxy) is 1. The number of hydrogen-bond donors (Lipinski definition) is 2. The van der Waals surface area contributed by atoms with Crippen LogP contribution in [-0.2, 0) is 21.4 Å². The third-order valence-electron chi connectivity index (χ3n) is 4.40. The lowest BCUT2D eigenvalue weighted by atomic mass is 10.1. The Hall–Kier alpha value is -2.64. The minimum atomic E-state index is -1.13. The number of nitrogens with one attached hydrogen (secondary N) is 1. The highest BCUT2D eigenvalue weighted by Gasteiger charge is 2.58. The summed E-state index contributed by atoms with van der Waals surface area (Å²) in [4.78, 5) is 47.6. The molecule has 0 radical (unpaired) electrons. The van der Waals surface area contributed by atoms with Gasteiger partial charge in [-0.05, 0) is 31.7 Å². The predicted octanol–water partition coefficient (Wildman–Crippen LogP) is -0.0913. The number of nitrogens with zero attached hydrogens (tertiary/aromatic N) is 1. The number of hydrogen-bond acceptors (Lipinski definition) is 5. The molecule has 1 heterocycles. The molecule has 8 nitrogen and oxygen atoms in total. The Morgan fingerprint density at radius 3 is 2.50 bits per heavy atom. The fraction of sp³-hybridized carbons (Fsp3) is 0.500. The molecule has 1 aromatic heterocycles. The van der Waals surface area contributed by atoms with Crippen LogP contribution in [0.4, 0.5) is 0 Å². The zero-order valence-corrected chi connectivity index (χ0v) is 13.3. The molecular formula is C16H19N3O5. The monoisotopic (exact) mass is 333 g/mol. The molecule has 2 saturated carbocycles. The maximum absolute atomic E-state index is 12.2. The van der Waals surface area contributed by atoms with Crippen molar-refractivity contribution in [3.63, 3.8) is 0 Å². The van der Waals surface area contributed by atoms with Gasteiger partial charge in [0.1, 0.15) is 11.1 Å². The van der Waals surface area contributed by atoms with Gasteiger partial charge in [-0.2, -0.15) is 0 Å². The van der Waals surface area contributed by atoms with Crippen LogP contribution in [0.3, 0.4) is 0 Å². The number of primary amides is 1. The zero-order valence-electron chi connectivity index (χ0n) is 13.3. The summed E-state index contributed by atoms with van der Waals surface area (Å²) in [5.74, 6) is -2.08. The first-order chi connectivity index (χ1) is 11.3. The molecule has 1 aromatic rings. The predicted molar refractivity (Wildman–Crippen MR) is 82.1 cm³/mol. The highest BCUT2D eigenvalue weighted by atomic mass is 16.5. The third kappa shape index (κ3) is 3.04. The fourth-order valence-corrected chi connectivity index (χ4v) is 2.51. The molecule has 0 bridgehead atoms. The van der Waals surface area contributed by atoms with E-state index in [9.17, 15) is 19.2 Å². The van der Waals surface area contributed by atoms with Gasteiger partial charge in [-0.15, -0.1) is 0 Å². The van der Waals surface area contributed by atoms with Crippen molar-refractivity contribution >= 4 is 23.6 Å². The van der Waals surface area contributed by atoms with Crippen LogP contribution in [0, 0.1) is 5.41 Å². The standard InChI is InChI=1S/C16H19N3O5/c1-19-7-9(6-11(19)13(17)21)12(20)8-24-15(23)16(4-5-16)14(22)18-10-2-3-10/h6-7,10H,2-5,8H2,1H3,(H2,17,21)(H,18,22). The summed E-state index contributed by atoms with van der Waals surface area (Å²) in [6.45, 7) is -0.473.